The van der Waals surface area contributed by atoms with E-state index in [1.54, 1.807) is 0 Å². The molecule has 27 heavy (non-hydrogen) atoms. The molecule has 2 aliphatic carbocycles. The quantitative estimate of drug-likeness (QED) is 0.541. The molecule has 0 radical (unpaired) electrons. The van der Waals surface area contributed by atoms with Crippen molar-refractivity contribution in [2.45, 2.75) is 73.9 Å². The molecule has 0 saturated heterocycles. The molecule has 0 spiro atoms. The first kappa shape index (κ1) is 17.6. The Morgan fingerprint density at radius 3 is 2.78 bits per heavy atom. The second-order valence-corrected chi connectivity index (χ2v) is 9.77. The molecule has 4 unspecified atom stereocenters. The molecule has 2 heterocycles. The highest BCUT2D eigenvalue weighted by Crippen LogP contribution is 2.58. The van der Waals surface area contributed by atoms with Crippen LogP contribution in [0, 0.1) is 0 Å². The van der Waals surface area contributed by atoms with Crippen LogP contribution in [-0.4, -0.2) is 21.4 Å². The molecule has 0 amide bonds. The first-order chi connectivity index (χ1) is 13.1. The van der Waals surface area contributed by atoms with Crippen molar-refractivity contribution in [1.82, 2.24) is 4.98 Å². The monoisotopic (exact) mass is 381 g/mol. The summed E-state index contributed by atoms with van der Waals surface area (Å²) in [6, 6.07) is 8.50. The zero-order valence-electron chi connectivity index (χ0n) is 15.9. The lowest BCUT2D eigenvalue weighted by Gasteiger charge is -2.40. The normalized spacial score (nSPS) is 30.7. The number of hydrogen-bond acceptors (Lipinski definition) is 4. The van der Waals surface area contributed by atoms with Crippen molar-refractivity contribution in [1.29, 1.82) is 0 Å². The minimum absolute atomic E-state index is 0.276. The summed E-state index contributed by atoms with van der Waals surface area (Å²) >= 11 is 1.87. The highest BCUT2D eigenvalue weighted by molar-refractivity contribution is 7.99. The van der Waals surface area contributed by atoms with Gasteiger partial charge in [-0.3, -0.25) is 4.98 Å². The molecule has 1 aliphatic heterocycles. The van der Waals surface area contributed by atoms with Crippen molar-refractivity contribution >= 4 is 11.8 Å². The largest absolute Gasteiger partial charge is 0.487 e. The van der Waals surface area contributed by atoms with Crippen LogP contribution in [0.5, 0.6) is 5.75 Å². The van der Waals surface area contributed by atoms with Crippen molar-refractivity contribution in [3.05, 3.63) is 53.3 Å². The van der Waals surface area contributed by atoms with Gasteiger partial charge < -0.3 is 9.84 Å². The first-order valence-corrected chi connectivity index (χ1v) is 11.2. The predicted octanol–water partition coefficient (Wildman–Crippen LogP) is 5.59. The number of nitrogens with zero attached hydrogens (tertiary/aromatic N) is 1. The third-order valence-electron chi connectivity index (χ3n) is 6.64. The second-order valence-electron chi connectivity index (χ2n) is 8.60. The van der Waals surface area contributed by atoms with Crippen LogP contribution in [0.15, 0.2) is 41.6 Å². The molecule has 3 nitrogen and oxygen atoms in total. The average molecular weight is 382 g/mol. The minimum atomic E-state index is -0.406. The number of hydrogen-bond donors (Lipinski definition) is 1. The highest BCUT2D eigenvalue weighted by atomic mass is 32.2. The van der Waals surface area contributed by atoms with E-state index in [1.807, 2.05) is 24.2 Å². The molecule has 2 aromatic rings. The number of pyridine rings is 1. The molecule has 1 fully saturated rings. The zero-order valence-corrected chi connectivity index (χ0v) is 16.7. The second kappa shape index (κ2) is 6.82. The summed E-state index contributed by atoms with van der Waals surface area (Å²) in [6.07, 6.45) is 9.90. The third kappa shape index (κ3) is 3.17. The van der Waals surface area contributed by atoms with E-state index in [4.69, 9.17) is 4.74 Å². The minimum Gasteiger partial charge on any atom is -0.487 e. The molecule has 1 N–H and O–H groups in total. The van der Waals surface area contributed by atoms with Gasteiger partial charge in [0.1, 0.15) is 11.4 Å². The molecule has 4 heteroatoms. The molecule has 142 valence electrons. The fourth-order valence-electron chi connectivity index (χ4n) is 5.34. The van der Waals surface area contributed by atoms with Gasteiger partial charge in [0.25, 0.3) is 0 Å². The van der Waals surface area contributed by atoms with Crippen LogP contribution >= 0.6 is 11.8 Å². The van der Waals surface area contributed by atoms with Gasteiger partial charge in [0, 0.05) is 34.8 Å². The van der Waals surface area contributed by atoms with Crippen molar-refractivity contribution < 1.29 is 9.84 Å². The van der Waals surface area contributed by atoms with Gasteiger partial charge in [0.15, 0.2) is 0 Å². The Hall–Kier alpha value is -1.52. The molecule has 1 aromatic heterocycles. The maximum absolute atomic E-state index is 10.8. The van der Waals surface area contributed by atoms with Gasteiger partial charge in [0.2, 0.25) is 0 Å². The van der Waals surface area contributed by atoms with Crippen molar-refractivity contribution in [3.8, 4) is 5.75 Å². The van der Waals surface area contributed by atoms with E-state index in [-0.39, 0.29) is 5.60 Å². The lowest BCUT2D eigenvalue weighted by molar-refractivity contribution is -0.00824. The first-order valence-electron chi connectivity index (χ1n) is 10.2. The predicted molar refractivity (Wildman–Crippen MR) is 109 cm³/mol. The molecule has 2 bridgehead atoms. The van der Waals surface area contributed by atoms with E-state index in [2.05, 4.69) is 36.2 Å². The molecule has 1 saturated carbocycles. The van der Waals surface area contributed by atoms with Gasteiger partial charge in [0.05, 0.1) is 6.10 Å². The number of rotatable bonds is 5. The molecule has 5 rings (SSSR count). The average Bonchev–Trinajstić information content (AvgIpc) is 3.28. The molecular weight excluding hydrogens is 354 g/mol. The summed E-state index contributed by atoms with van der Waals surface area (Å²) in [5.74, 6) is 3.46. The van der Waals surface area contributed by atoms with Crippen LogP contribution in [0.25, 0.3) is 0 Å². The lowest BCUT2D eigenvalue weighted by atomic mass is 9.82. The Labute approximate surface area is 165 Å². The molecule has 3 aliphatic rings. The maximum atomic E-state index is 10.8. The van der Waals surface area contributed by atoms with Gasteiger partial charge in [-0.2, -0.15) is 0 Å². The third-order valence-corrected chi connectivity index (χ3v) is 7.74. The Morgan fingerprint density at radius 2 is 1.93 bits per heavy atom. The van der Waals surface area contributed by atoms with E-state index in [0.717, 1.165) is 35.8 Å². The van der Waals surface area contributed by atoms with E-state index >= 15 is 0 Å². The van der Waals surface area contributed by atoms with Crippen LogP contribution in [0.3, 0.4) is 0 Å². The topological polar surface area (TPSA) is 42.4 Å². The number of aliphatic hydroxyl groups is 1. The smallest absolute Gasteiger partial charge is 0.129 e. The van der Waals surface area contributed by atoms with Gasteiger partial charge in [-0.15, -0.1) is 11.8 Å². The summed E-state index contributed by atoms with van der Waals surface area (Å²) in [4.78, 5) is 5.33. The van der Waals surface area contributed by atoms with Gasteiger partial charge in [-0.25, -0.2) is 0 Å². The number of thioether (sulfide) groups is 1. The van der Waals surface area contributed by atoms with Crippen LogP contribution in [0.1, 0.15) is 80.1 Å². The number of benzene rings is 1. The number of ether oxygens (including phenoxy) is 1. The molecule has 1 aromatic carbocycles. The zero-order chi connectivity index (χ0) is 18.4. The van der Waals surface area contributed by atoms with E-state index in [9.17, 15) is 5.11 Å². The van der Waals surface area contributed by atoms with Gasteiger partial charge in [-0.05, 0) is 74.3 Å². The standard InChI is InChI=1S/C23H27NO2S/c1-23(9-2-12-27-17-7-10-24-11-8-17)14-20(25)19-6-5-18-15-3-4-16(13-15)21(18)22(19)26-23/h5-8,10-11,15-16,20,25H,2-4,9,12-14H2,1H3. The Morgan fingerprint density at radius 1 is 1.15 bits per heavy atom. The SMILES string of the molecule is CC1(CCCSc2ccncc2)CC(O)c2ccc3c(c2O1)C1CCC3C1. The fourth-order valence-corrected chi connectivity index (χ4v) is 6.18. The Bertz CT molecular complexity index is 840. The van der Waals surface area contributed by atoms with E-state index in [1.165, 1.54) is 35.3 Å². The van der Waals surface area contributed by atoms with Crippen molar-refractivity contribution in [2.75, 3.05) is 5.75 Å². The Balaban J connectivity index is 1.30. The summed E-state index contributed by atoms with van der Waals surface area (Å²) in [5, 5.41) is 10.8. The van der Waals surface area contributed by atoms with Crippen LogP contribution in [0.2, 0.25) is 0 Å². The molecular formula is C23H27NO2S. The number of fused-ring (bicyclic) bond motifs is 7. The van der Waals surface area contributed by atoms with Crippen LogP contribution in [0.4, 0.5) is 0 Å². The van der Waals surface area contributed by atoms with Crippen LogP contribution in [-0.2, 0) is 0 Å². The summed E-state index contributed by atoms with van der Waals surface area (Å²) in [7, 11) is 0. The summed E-state index contributed by atoms with van der Waals surface area (Å²) < 4.78 is 6.66. The van der Waals surface area contributed by atoms with Gasteiger partial charge in [-0.1, -0.05) is 12.1 Å². The molecule has 4 atom stereocenters. The van der Waals surface area contributed by atoms with Crippen LogP contribution < -0.4 is 4.74 Å². The summed E-state index contributed by atoms with van der Waals surface area (Å²) in [6.45, 7) is 2.18. The van der Waals surface area contributed by atoms with E-state index < -0.39 is 6.10 Å². The Kier molecular flexibility index (Phi) is 4.44. The number of aromatic nitrogens is 1. The van der Waals surface area contributed by atoms with E-state index in [0.29, 0.717) is 12.3 Å². The highest BCUT2D eigenvalue weighted by Gasteiger charge is 2.44. The van der Waals surface area contributed by atoms with Crippen molar-refractivity contribution in [3.63, 3.8) is 0 Å². The maximum Gasteiger partial charge on any atom is 0.129 e. The van der Waals surface area contributed by atoms with Gasteiger partial charge >= 0.3 is 0 Å². The fraction of sp³-hybridized carbons (Fsp3) is 0.522. The van der Waals surface area contributed by atoms with Crippen molar-refractivity contribution in [2.24, 2.45) is 0 Å². The lowest BCUT2D eigenvalue weighted by Crippen LogP contribution is -2.39. The summed E-state index contributed by atoms with van der Waals surface area (Å²) in [5.41, 5.74) is 3.67. The number of aliphatic hydroxyl groups excluding tert-OH is 1.